The standard InChI is InChI=1S/C16H14ClFN6O2/c1-23-7-10-12(3-2-11(18)13(10)17)26-5-4-19-15(25)9-6-21-24-8-20-16(23)22-14(9)24/h2-3,6,8H,4-5,7H2,1H3,(H,19,25). The summed E-state index contributed by atoms with van der Waals surface area (Å²) in [5, 5.41) is 6.81. The Morgan fingerprint density at radius 2 is 2.23 bits per heavy atom. The van der Waals surface area contributed by atoms with Gasteiger partial charge in [-0.3, -0.25) is 4.79 Å². The third-order valence-electron chi connectivity index (χ3n) is 4.04. The van der Waals surface area contributed by atoms with Crippen LogP contribution in [0.3, 0.4) is 0 Å². The molecule has 1 N–H and O–H groups in total. The highest BCUT2D eigenvalue weighted by Gasteiger charge is 2.20. The van der Waals surface area contributed by atoms with E-state index in [9.17, 15) is 9.18 Å². The molecule has 4 rings (SSSR count). The Balaban J connectivity index is 1.83. The van der Waals surface area contributed by atoms with Crippen LogP contribution in [0.5, 0.6) is 5.75 Å². The van der Waals surface area contributed by atoms with E-state index >= 15 is 0 Å². The van der Waals surface area contributed by atoms with Gasteiger partial charge in [0.2, 0.25) is 5.95 Å². The number of hydrogen-bond donors (Lipinski definition) is 1. The molecule has 8 nitrogen and oxygen atoms in total. The van der Waals surface area contributed by atoms with E-state index in [0.717, 1.165) is 0 Å². The zero-order valence-corrected chi connectivity index (χ0v) is 14.5. The molecule has 2 bridgehead atoms. The van der Waals surface area contributed by atoms with Crippen molar-refractivity contribution in [2.45, 2.75) is 6.54 Å². The van der Waals surface area contributed by atoms with Crippen molar-refractivity contribution < 1.29 is 13.9 Å². The third-order valence-corrected chi connectivity index (χ3v) is 4.45. The van der Waals surface area contributed by atoms with E-state index in [-0.39, 0.29) is 30.6 Å². The molecule has 0 radical (unpaired) electrons. The number of fused-ring (bicyclic) bond motifs is 2. The van der Waals surface area contributed by atoms with Crippen molar-refractivity contribution in [3.63, 3.8) is 0 Å². The van der Waals surface area contributed by atoms with E-state index in [1.807, 2.05) is 0 Å². The lowest BCUT2D eigenvalue weighted by Crippen LogP contribution is -2.28. The van der Waals surface area contributed by atoms with Gasteiger partial charge >= 0.3 is 0 Å². The molecule has 3 aromatic rings. The number of benzene rings is 1. The Bertz CT molecular complexity index is 1010. The van der Waals surface area contributed by atoms with Gasteiger partial charge in [0.05, 0.1) is 24.3 Å². The minimum absolute atomic E-state index is 0.0145. The van der Waals surface area contributed by atoms with Crippen LogP contribution in [-0.4, -0.2) is 45.7 Å². The third kappa shape index (κ3) is 2.80. The number of amides is 1. The van der Waals surface area contributed by atoms with Gasteiger partial charge in [-0.2, -0.15) is 10.1 Å². The van der Waals surface area contributed by atoms with Crippen molar-refractivity contribution in [1.29, 1.82) is 0 Å². The first kappa shape index (κ1) is 16.5. The van der Waals surface area contributed by atoms with Crippen LogP contribution in [0, 0.1) is 5.82 Å². The smallest absolute Gasteiger partial charge is 0.256 e. The summed E-state index contributed by atoms with van der Waals surface area (Å²) in [6.45, 7) is 0.698. The van der Waals surface area contributed by atoms with Gasteiger partial charge in [0.1, 0.15) is 30.1 Å². The molecule has 0 spiro atoms. The summed E-state index contributed by atoms with van der Waals surface area (Å²) in [7, 11) is 1.74. The fourth-order valence-corrected chi connectivity index (χ4v) is 2.93. The molecule has 1 aliphatic heterocycles. The number of nitrogens with zero attached hydrogens (tertiary/aromatic N) is 5. The molecular formula is C16H14ClFN6O2. The number of carbonyl (C=O) groups is 1. The second-order valence-electron chi connectivity index (χ2n) is 5.78. The maximum Gasteiger partial charge on any atom is 0.256 e. The molecule has 0 saturated carbocycles. The summed E-state index contributed by atoms with van der Waals surface area (Å²) in [6, 6.07) is 2.77. The molecule has 1 aromatic carbocycles. The molecule has 3 heterocycles. The normalized spacial score (nSPS) is 14.9. The lowest BCUT2D eigenvalue weighted by molar-refractivity contribution is 0.0948. The number of nitrogens with one attached hydrogen (secondary N) is 1. The van der Waals surface area contributed by atoms with Crippen LogP contribution in [0.2, 0.25) is 5.02 Å². The maximum absolute atomic E-state index is 13.9. The highest BCUT2D eigenvalue weighted by atomic mass is 35.5. The second-order valence-corrected chi connectivity index (χ2v) is 6.16. The lowest BCUT2D eigenvalue weighted by Gasteiger charge is -2.20. The Morgan fingerprint density at radius 3 is 3.08 bits per heavy atom. The average Bonchev–Trinajstić information content (AvgIpc) is 3.06. The molecule has 1 aliphatic rings. The van der Waals surface area contributed by atoms with Gasteiger partial charge < -0.3 is 15.0 Å². The summed E-state index contributed by atoms with van der Waals surface area (Å²) in [5.41, 5.74) is 1.20. The van der Waals surface area contributed by atoms with E-state index in [0.29, 0.717) is 28.5 Å². The van der Waals surface area contributed by atoms with Gasteiger partial charge in [-0.1, -0.05) is 11.6 Å². The summed E-state index contributed by atoms with van der Waals surface area (Å²) >= 11 is 6.15. The average molecular weight is 377 g/mol. The predicted octanol–water partition coefficient (Wildman–Crippen LogP) is 1.68. The van der Waals surface area contributed by atoms with Crippen molar-refractivity contribution in [3.8, 4) is 5.75 Å². The van der Waals surface area contributed by atoms with E-state index < -0.39 is 5.82 Å². The molecule has 2 aromatic heterocycles. The fourth-order valence-electron chi connectivity index (χ4n) is 2.71. The van der Waals surface area contributed by atoms with Crippen LogP contribution in [0.1, 0.15) is 15.9 Å². The van der Waals surface area contributed by atoms with Gasteiger partial charge in [-0.15, -0.1) is 0 Å². The van der Waals surface area contributed by atoms with Gasteiger partial charge in [0, 0.05) is 12.6 Å². The number of aromatic nitrogens is 4. The number of rotatable bonds is 0. The van der Waals surface area contributed by atoms with Crippen LogP contribution in [0.4, 0.5) is 10.3 Å². The fraction of sp³-hybridized carbons (Fsp3) is 0.250. The maximum atomic E-state index is 13.9. The molecule has 134 valence electrons. The van der Waals surface area contributed by atoms with Crippen LogP contribution in [-0.2, 0) is 6.54 Å². The second kappa shape index (κ2) is 6.41. The minimum Gasteiger partial charge on any atom is -0.491 e. The SMILES string of the molecule is CN1Cc2c(ccc(F)c2Cl)OCCNC(=O)c2cnn3cnc1nc23. The van der Waals surface area contributed by atoms with Crippen molar-refractivity contribution >= 4 is 29.1 Å². The highest BCUT2D eigenvalue weighted by molar-refractivity contribution is 6.31. The Kier molecular flexibility index (Phi) is 4.08. The Labute approximate surface area is 152 Å². The number of carbonyl (C=O) groups excluding carboxylic acids is 1. The van der Waals surface area contributed by atoms with Crippen LogP contribution in [0.15, 0.2) is 24.7 Å². The van der Waals surface area contributed by atoms with Crippen molar-refractivity contribution in [2.24, 2.45) is 0 Å². The molecule has 26 heavy (non-hydrogen) atoms. The molecule has 0 saturated heterocycles. The number of hydrogen-bond acceptors (Lipinski definition) is 6. The van der Waals surface area contributed by atoms with Gasteiger partial charge in [-0.25, -0.2) is 13.9 Å². The van der Waals surface area contributed by atoms with E-state index in [2.05, 4.69) is 20.4 Å². The Hall–Kier alpha value is -2.94. The lowest BCUT2D eigenvalue weighted by atomic mass is 10.2. The molecule has 0 aliphatic carbocycles. The van der Waals surface area contributed by atoms with E-state index in [1.165, 1.54) is 29.2 Å². The van der Waals surface area contributed by atoms with Crippen LogP contribution in [0.25, 0.3) is 5.65 Å². The predicted molar refractivity (Wildman–Crippen MR) is 92.1 cm³/mol. The van der Waals surface area contributed by atoms with Gasteiger partial charge in [0.25, 0.3) is 5.91 Å². The quantitative estimate of drug-likeness (QED) is 0.642. The van der Waals surface area contributed by atoms with Gasteiger partial charge in [0.15, 0.2) is 5.65 Å². The minimum atomic E-state index is -0.533. The first-order valence-electron chi connectivity index (χ1n) is 7.84. The summed E-state index contributed by atoms with van der Waals surface area (Å²) in [5.74, 6) is -0.0552. The largest absolute Gasteiger partial charge is 0.491 e. The van der Waals surface area contributed by atoms with Crippen molar-refractivity contribution in [3.05, 3.63) is 46.6 Å². The van der Waals surface area contributed by atoms with Crippen molar-refractivity contribution in [1.82, 2.24) is 24.9 Å². The molecule has 10 heteroatoms. The van der Waals surface area contributed by atoms with Crippen LogP contribution < -0.4 is 15.0 Å². The monoisotopic (exact) mass is 376 g/mol. The molecule has 0 unspecified atom stereocenters. The zero-order valence-electron chi connectivity index (χ0n) is 13.7. The topological polar surface area (TPSA) is 84.7 Å². The Morgan fingerprint density at radius 1 is 1.38 bits per heavy atom. The van der Waals surface area contributed by atoms with E-state index in [1.54, 1.807) is 11.9 Å². The molecular weight excluding hydrogens is 363 g/mol. The van der Waals surface area contributed by atoms with Crippen molar-refractivity contribution in [2.75, 3.05) is 25.1 Å². The first-order valence-corrected chi connectivity index (χ1v) is 8.22. The first-order chi connectivity index (χ1) is 12.5. The van der Waals surface area contributed by atoms with Crippen LogP contribution >= 0.6 is 11.6 Å². The van der Waals surface area contributed by atoms with Gasteiger partial charge in [-0.05, 0) is 12.1 Å². The summed E-state index contributed by atoms with van der Waals surface area (Å²) in [6.07, 6.45) is 2.90. The number of ether oxygens (including phenoxy) is 1. The molecule has 0 fully saturated rings. The highest BCUT2D eigenvalue weighted by Crippen LogP contribution is 2.31. The number of anilines is 1. The molecule has 1 amide bonds. The van der Waals surface area contributed by atoms with E-state index in [4.69, 9.17) is 16.3 Å². The summed E-state index contributed by atoms with van der Waals surface area (Å²) in [4.78, 5) is 22.7. The molecule has 0 atom stereocenters. The number of halogens is 2. The zero-order chi connectivity index (χ0) is 18.3. The summed E-state index contributed by atoms with van der Waals surface area (Å²) < 4.78 is 21.0.